The van der Waals surface area contributed by atoms with Crippen molar-refractivity contribution in [1.82, 2.24) is 10.3 Å². The first-order chi connectivity index (χ1) is 11.0. The largest absolute Gasteiger partial charge is 0.434 e. The van der Waals surface area contributed by atoms with Crippen molar-refractivity contribution in [3.05, 3.63) is 57.8 Å². The van der Waals surface area contributed by atoms with Crippen LogP contribution in [0.15, 0.2) is 36.5 Å². The molecule has 1 aliphatic carbocycles. The summed E-state index contributed by atoms with van der Waals surface area (Å²) in [6, 6.07) is 8.11. The molecule has 0 unspecified atom stereocenters. The third-order valence-electron chi connectivity index (χ3n) is 3.41. The van der Waals surface area contributed by atoms with E-state index in [1.165, 1.54) is 12.3 Å². The van der Waals surface area contributed by atoms with Gasteiger partial charge in [-0.2, -0.15) is 0 Å². The van der Waals surface area contributed by atoms with E-state index in [-0.39, 0.29) is 23.5 Å². The molecule has 1 aliphatic rings. The van der Waals surface area contributed by atoms with Gasteiger partial charge in [-0.05, 0) is 49.6 Å². The van der Waals surface area contributed by atoms with Gasteiger partial charge in [0.05, 0.1) is 4.92 Å². The molecular weight excluding hydrogens is 298 g/mol. The fraction of sp³-hybridized carbons (Fsp3) is 0.250. The molecular formula is C16H15N3O4. The summed E-state index contributed by atoms with van der Waals surface area (Å²) in [5.41, 5.74) is 1.01. The maximum atomic E-state index is 11.9. The standard InChI is InChI=1S/C16H15N3O4/c1-10-8-14(19(21)22)16(17-9-10)23-13-6-2-11(3-7-13)15(20)18-12-4-5-12/h2-3,6-9,12H,4-5H2,1H3,(H,18,20). The lowest BCUT2D eigenvalue weighted by Gasteiger charge is -2.07. The number of carbonyl (C=O) groups is 1. The summed E-state index contributed by atoms with van der Waals surface area (Å²) >= 11 is 0. The molecule has 1 aromatic carbocycles. The minimum absolute atomic E-state index is 0.0734. The van der Waals surface area contributed by atoms with Gasteiger partial charge >= 0.3 is 5.69 Å². The second kappa shape index (κ2) is 6.04. The van der Waals surface area contributed by atoms with Crippen molar-refractivity contribution in [2.24, 2.45) is 0 Å². The number of nitro groups is 1. The molecule has 1 fully saturated rings. The Morgan fingerprint density at radius 1 is 1.35 bits per heavy atom. The van der Waals surface area contributed by atoms with Crippen LogP contribution in [0.5, 0.6) is 11.6 Å². The van der Waals surface area contributed by atoms with Crippen LogP contribution in [0, 0.1) is 17.0 Å². The van der Waals surface area contributed by atoms with E-state index in [1.54, 1.807) is 31.2 Å². The van der Waals surface area contributed by atoms with E-state index in [9.17, 15) is 14.9 Å². The highest BCUT2D eigenvalue weighted by atomic mass is 16.6. The quantitative estimate of drug-likeness (QED) is 0.676. The summed E-state index contributed by atoms with van der Waals surface area (Å²) in [4.78, 5) is 26.4. The molecule has 0 bridgehead atoms. The van der Waals surface area contributed by atoms with Gasteiger partial charge in [-0.15, -0.1) is 0 Å². The number of nitrogens with one attached hydrogen (secondary N) is 1. The van der Waals surface area contributed by atoms with E-state index in [1.807, 2.05) is 0 Å². The first kappa shape index (κ1) is 15.0. The summed E-state index contributed by atoms with van der Waals surface area (Å²) in [6.45, 7) is 1.72. The molecule has 23 heavy (non-hydrogen) atoms. The van der Waals surface area contributed by atoms with Gasteiger partial charge in [0, 0.05) is 23.9 Å². The number of nitrogens with zero attached hydrogens (tertiary/aromatic N) is 2. The monoisotopic (exact) mass is 313 g/mol. The summed E-state index contributed by atoms with van der Waals surface area (Å²) in [5, 5.41) is 13.9. The Bertz CT molecular complexity index is 754. The lowest BCUT2D eigenvalue weighted by atomic mass is 10.2. The van der Waals surface area contributed by atoms with Crippen LogP contribution in [0.4, 0.5) is 5.69 Å². The number of ether oxygens (including phenoxy) is 1. The van der Waals surface area contributed by atoms with E-state index >= 15 is 0 Å². The van der Waals surface area contributed by atoms with Crippen LogP contribution in [0.25, 0.3) is 0 Å². The van der Waals surface area contributed by atoms with Crippen LogP contribution in [-0.4, -0.2) is 21.9 Å². The second-order valence-corrected chi connectivity index (χ2v) is 5.47. The summed E-state index contributed by atoms with van der Waals surface area (Å²) in [5.74, 6) is 0.182. The van der Waals surface area contributed by atoms with Crippen LogP contribution in [0.2, 0.25) is 0 Å². The molecule has 1 N–H and O–H groups in total. The molecule has 0 radical (unpaired) electrons. The Balaban J connectivity index is 1.75. The summed E-state index contributed by atoms with van der Waals surface area (Å²) in [7, 11) is 0. The average molecular weight is 313 g/mol. The van der Waals surface area contributed by atoms with Crippen LogP contribution in [0.3, 0.4) is 0 Å². The molecule has 0 spiro atoms. The van der Waals surface area contributed by atoms with Crippen molar-refractivity contribution in [3.8, 4) is 11.6 Å². The molecule has 1 aromatic heterocycles. The molecule has 0 atom stereocenters. The van der Waals surface area contributed by atoms with E-state index in [4.69, 9.17) is 4.74 Å². The van der Waals surface area contributed by atoms with Gasteiger partial charge in [0.15, 0.2) is 0 Å². The normalized spacial score (nSPS) is 13.4. The van der Waals surface area contributed by atoms with Crippen LogP contribution in [-0.2, 0) is 0 Å². The minimum atomic E-state index is -0.535. The molecule has 3 rings (SSSR count). The van der Waals surface area contributed by atoms with Gasteiger partial charge in [-0.1, -0.05) is 0 Å². The summed E-state index contributed by atoms with van der Waals surface area (Å²) in [6.07, 6.45) is 3.55. The molecule has 2 aromatic rings. The van der Waals surface area contributed by atoms with Crippen molar-refractivity contribution in [3.63, 3.8) is 0 Å². The fourth-order valence-corrected chi connectivity index (χ4v) is 2.03. The molecule has 1 heterocycles. The Labute approximate surface area is 132 Å². The predicted molar refractivity (Wildman–Crippen MR) is 82.6 cm³/mol. The molecule has 0 aliphatic heterocycles. The van der Waals surface area contributed by atoms with Crippen molar-refractivity contribution in [2.45, 2.75) is 25.8 Å². The number of amides is 1. The summed E-state index contributed by atoms with van der Waals surface area (Å²) < 4.78 is 5.47. The molecule has 7 heteroatoms. The molecule has 0 saturated heterocycles. The SMILES string of the molecule is Cc1cnc(Oc2ccc(C(=O)NC3CC3)cc2)c([N+](=O)[O-])c1. The number of carbonyl (C=O) groups excluding carboxylic acids is 1. The zero-order chi connectivity index (χ0) is 16.4. The van der Waals surface area contributed by atoms with Gasteiger partial charge in [-0.3, -0.25) is 14.9 Å². The van der Waals surface area contributed by atoms with E-state index < -0.39 is 4.92 Å². The number of aromatic nitrogens is 1. The molecule has 118 valence electrons. The fourth-order valence-electron chi connectivity index (χ4n) is 2.03. The van der Waals surface area contributed by atoms with Crippen molar-refractivity contribution in [1.29, 1.82) is 0 Å². The zero-order valence-corrected chi connectivity index (χ0v) is 12.5. The van der Waals surface area contributed by atoms with Crippen molar-refractivity contribution >= 4 is 11.6 Å². The van der Waals surface area contributed by atoms with Gasteiger partial charge < -0.3 is 10.1 Å². The van der Waals surface area contributed by atoms with Crippen molar-refractivity contribution < 1.29 is 14.5 Å². The molecule has 1 saturated carbocycles. The van der Waals surface area contributed by atoms with Gasteiger partial charge in [0.1, 0.15) is 5.75 Å². The van der Waals surface area contributed by atoms with Crippen LogP contribution >= 0.6 is 0 Å². The predicted octanol–water partition coefficient (Wildman–Crippen LogP) is 2.98. The number of hydrogen-bond acceptors (Lipinski definition) is 5. The number of rotatable bonds is 5. The van der Waals surface area contributed by atoms with Gasteiger partial charge in [-0.25, -0.2) is 4.98 Å². The van der Waals surface area contributed by atoms with E-state index in [0.717, 1.165) is 12.8 Å². The first-order valence-electron chi connectivity index (χ1n) is 7.23. The van der Waals surface area contributed by atoms with Crippen molar-refractivity contribution in [2.75, 3.05) is 0 Å². The minimum Gasteiger partial charge on any atom is -0.434 e. The maximum Gasteiger partial charge on any atom is 0.331 e. The lowest BCUT2D eigenvalue weighted by molar-refractivity contribution is -0.386. The van der Waals surface area contributed by atoms with Gasteiger partial charge in [0.25, 0.3) is 11.8 Å². The Kier molecular flexibility index (Phi) is 3.92. The zero-order valence-electron chi connectivity index (χ0n) is 12.5. The molecule has 7 nitrogen and oxygen atoms in total. The van der Waals surface area contributed by atoms with E-state index in [0.29, 0.717) is 16.9 Å². The number of aryl methyl sites for hydroxylation is 1. The third kappa shape index (κ3) is 3.63. The first-order valence-corrected chi connectivity index (χ1v) is 7.23. The smallest absolute Gasteiger partial charge is 0.331 e. The second-order valence-electron chi connectivity index (χ2n) is 5.47. The molecule has 1 amide bonds. The Hall–Kier alpha value is -2.96. The topological polar surface area (TPSA) is 94.4 Å². The highest BCUT2D eigenvalue weighted by Crippen LogP contribution is 2.29. The number of pyridine rings is 1. The number of benzene rings is 1. The van der Waals surface area contributed by atoms with Crippen LogP contribution in [0.1, 0.15) is 28.8 Å². The van der Waals surface area contributed by atoms with Gasteiger partial charge in [0.2, 0.25) is 0 Å². The Morgan fingerprint density at radius 3 is 2.65 bits per heavy atom. The third-order valence-corrected chi connectivity index (χ3v) is 3.41. The highest BCUT2D eigenvalue weighted by Gasteiger charge is 2.24. The highest BCUT2D eigenvalue weighted by molar-refractivity contribution is 5.94. The Morgan fingerprint density at radius 2 is 2.04 bits per heavy atom. The lowest BCUT2D eigenvalue weighted by Crippen LogP contribution is -2.25. The average Bonchev–Trinajstić information content (AvgIpc) is 3.33. The maximum absolute atomic E-state index is 11.9. The number of hydrogen-bond donors (Lipinski definition) is 1. The van der Waals surface area contributed by atoms with E-state index in [2.05, 4.69) is 10.3 Å². The van der Waals surface area contributed by atoms with Crippen LogP contribution < -0.4 is 10.1 Å².